The molecule has 1 aromatic rings. The number of carbonyl (C=O) groups excluding carboxylic acids is 1. The van der Waals surface area contributed by atoms with Crippen molar-refractivity contribution < 1.29 is 4.79 Å². The summed E-state index contributed by atoms with van der Waals surface area (Å²) in [5.41, 5.74) is 2.39. The van der Waals surface area contributed by atoms with Gasteiger partial charge in [0.2, 0.25) is 0 Å². The molecule has 0 aliphatic heterocycles. The number of carbonyl (C=O) groups is 1. The van der Waals surface area contributed by atoms with Crippen LogP contribution in [0.25, 0.3) is 0 Å². The van der Waals surface area contributed by atoms with Crippen LogP contribution in [0, 0.1) is 0 Å². The molecule has 0 saturated heterocycles. The molecule has 0 N–H and O–H groups in total. The summed E-state index contributed by atoms with van der Waals surface area (Å²) >= 11 is -2.27. The Kier molecular flexibility index (Phi) is 11.0. The molecule has 0 aliphatic carbocycles. The number of benzene rings is 1. The van der Waals surface area contributed by atoms with E-state index in [9.17, 15) is 4.79 Å². The number of Topliss-reactive ketones (excluding diaryl/α,β-unsaturated/α-hetero) is 1. The average Bonchev–Trinajstić information content (AvgIpc) is 2.63. The molecule has 1 unspecified atom stereocenters. The summed E-state index contributed by atoms with van der Waals surface area (Å²) in [6, 6.07) is 8.69. The van der Waals surface area contributed by atoms with Gasteiger partial charge in [-0.25, -0.2) is 0 Å². The Morgan fingerprint density at radius 1 is 0.840 bits per heavy atom. The van der Waals surface area contributed by atoms with E-state index in [1.807, 2.05) is 0 Å². The second kappa shape index (κ2) is 12.1. The fraction of sp³-hybridized carbons (Fsp3) is 0.696. The van der Waals surface area contributed by atoms with Crippen LogP contribution in [-0.2, 0) is 0 Å². The van der Waals surface area contributed by atoms with Gasteiger partial charge in [0.25, 0.3) is 0 Å². The maximum atomic E-state index is 11.6. The first-order chi connectivity index (χ1) is 12.0. The second-order valence-electron chi connectivity index (χ2n) is 7.81. The van der Waals surface area contributed by atoms with E-state index in [1.165, 1.54) is 50.5 Å². The third kappa shape index (κ3) is 6.73. The topological polar surface area (TPSA) is 17.1 Å². The van der Waals surface area contributed by atoms with E-state index in [0.29, 0.717) is 0 Å². The molecule has 1 rings (SSSR count). The molecule has 0 aromatic heterocycles. The van der Waals surface area contributed by atoms with Gasteiger partial charge in [-0.3, -0.25) is 0 Å². The monoisotopic (exact) mass is 452 g/mol. The zero-order valence-electron chi connectivity index (χ0n) is 17.4. The fourth-order valence-corrected chi connectivity index (χ4v) is 23.7. The van der Waals surface area contributed by atoms with Gasteiger partial charge in [-0.15, -0.1) is 0 Å². The van der Waals surface area contributed by atoms with Crippen LogP contribution in [0.4, 0.5) is 0 Å². The summed E-state index contributed by atoms with van der Waals surface area (Å²) in [4.78, 5) is 11.6. The van der Waals surface area contributed by atoms with E-state index in [2.05, 4.69) is 52.0 Å². The molecule has 25 heavy (non-hydrogen) atoms. The van der Waals surface area contributed by atoms with Crippen LogP contribution in [0.15, 0.2) is 24.3 Å². The first-order valence-corrected chi connectivity index (χ1v) is 18.4. The van der Waals surface area contributed by atoms with Crippen LogP contribution in [0.5, 0.6) is 0 Å². The third-order valence-electron chi connectivity index (χ3n) is 5.95. The second-order valence-corrected chi connectivity index (χ2v) is 21.9. The molecule has 0 heterocycles. The van der Waals surface area contributed by atoms with Crippen molar-refractivity contribution >= 4 is 24.2 Å². The van der Waals surface area contributed by atoms with Gasteiger partial charge in [0.15, 0.2) is 0 Å². The average molecular weight is 451 g/mol. The van der Waals surface area contributed by atoms with E-state index in [1.54, 1.807) is 20.2 Å². The van der Waals surface area contributed by atoms with Crippen LogP contribution in [-0.4, -0.2) is 24.2 Å². The molecule has 1 aromatic carbocycles. The number of ketones is 1. The van der Waals surface area contributed by atoms with E-state index < -0.39 is 18.4 Å². The van der Waals surface area contributed by atoms with Gasteiger partial charge >= 0.3 is 161 Å². The van der Waals surface area contributed by atoms with Crippen molar-refractivity contribution in [3.8, 4) is 0 Å². The Bertz CT molecular complexity index is 470. The number of unbranched alkanes of at least 4 members (excludes halogenated alkanes) is 3. The van der Waals surface area contributed by atoms with Crippen molar-refractivity contribution in [3.05, 3.63) is 35.4 Å². The van der Waals surface area contributed by atoms with Crippen molar-refractivity contribution in [2.45, 2.75) is 96.8 Å². The predicted molar refractivity (Wildman–Crippen MR) is 114 cm³/mol. The molecular formula is C23H40OSn. The quantitative estimate of drug-likeness (QED) is 0.221. The first-order valence-electron chi connectivity index (χ1n) is 10.7. The van der Waals surface area contributed by atoms with E-state index in [-0.39, 0.29) is 5.78 Å². The Morgan fingerprint density at radius 2 is 1.28 bits per heavy atom. The molecule has 2 heteroatoms. The molecule has 0 spiro atoms. The molecule has 0 saturated carbocycles. The van der Waals surface area contributed by atoms with Crippen molar-refractivity contribution in [3.63, 3.8) is 0 Å². The minimum atomic E-state index is -2.27. The van der Waals surface area contributed by atoms with Crippen molar-refractivity contribution in [2.75, 3.05) is 0 Å². The zero-order valence-corrected chi connectivity index (χ0v) is 20.2. The van der Waals surface area contributed by atoms with Crippen molar-refractivity contribution in [1.82, 2.24) is 0 Å². The van der Waals surface area contributed by atoms with Crippen molar-refractivity contribution in [1.29, 1.82) is 0 Å². The van der Waals surface area contributed by atoms with Crippen LogP contribution in [0.2, 0.25) is 13.3 Å². The number of rotatable bonds is 13. The molecule has 0 fully saturated rings. The molecule has 0 radical (unpaired) electrons. The van der Waals surface area contributed by atoms with Gasteiger partial charge in [0.1, 0.15) is 0 Å². The Hall–Kier alpha value is -0.311. The summed E-state index contributed by atoms with van der Waals surface area (Å²) in [7, 11) is 0. The summed E-state index contributed by atoms with van der Waals surface area (Å²) in [6.45, 7) is 11.1. The van der Waals surface area contributed by atoms with Gasteiger partial charge in [0, 0.05) is 0 Å². The number of hydrogen-bond acceptors (Lipinski definition) is 1. The minimum absolute atomic E-state index is 0.178. The molecule has 142 valence electrons. The molecule has 0 amide bonds. The first kappa shape index (κ1) is 22.7. The predicted octanol–water partition coefficient (Wildman–Crippen LogP) is 7.77. The summed E-state index contributed by atoms with van der Waals surface area (Å²) < 4.78 is 5.48. The fourth-order valence-electron chi connectivity index (χ4n) is 4.46. The summed E-state index contributed by atoms with van der Waals surface area (Å²) in [5.74, 6) is 0.178. The molecule has 0 aliphatic rings. The van der Waals surface area contributed by atoms with Crippen LogP contribution in [0.1, 0.15) is 99.4 Å². The summed E-state index contributed by atoms with van der Waals surface area (Å²) in [5, 5.41) is 0. The summed E-state index contributed by atoms with van der Waals surface area (Å²) in [6.07, 6.45) is 9.54. The van der Waals surface area contributed by atoms with Crippen LogP contribution >= 0.6 is 0 Å². The van der Waals surface area contributed by atoms with Gasteiger partial charge in [-0.05, 0) is 0 Å². The molecule has 1 atom stereocenters. The molecule has 0 bridgehead atoms. The Balaban J connectivity index is 3.20. The van der Waals surface area contributed by atoms with E-state index >= 15 is 0 Å². The molecule has 1 nitrogen and oxygen atoms in total. The standard InChI is InChI=1S/C11H13O.3C4H9.Sn/c1-3-4-10-5-7-11(8-6-10)9(2)12;3*1-3-4-2;/h4-8H,3H2,1-2H3;3*1,3-4H2,2H3;. The Labute approximate surface area is 160 Å². The van der Waals surface area contributed by atoms with Gasteiger partial charge < -0.3 is 0 Å². The third-order valence-corrected chi connectivity index (χ3v) is 23.8. The maximum absolute atomic E-state index is 11.6. The molecular weight excluding hydrogens is 411 g/mol. The van der Waals surface area contributed by atoms with Crippen molar-refractivity contribution in [2.24, 2.45) is 0 Å². The van der Waals surface area contributed by atoms with E-state index in [4.69, 9.17) is 0 Å². The SMILES string of the molecule is CCC[CH2][Sn]([CH2]CCC)([CH2]CCC)[CH](CC)c1ccc(C(C)=O)cc1. The zero-order chi connectivity index (χ0) is 18.7. The van der Waals surface area contributed by atoms with Gasteiger partial charge in [0.05, 0.1) is 0 Å². The van der Waals surface area contributed by atoms with Gasteiger partial charge in [-0.1, -0.05) is 0 Å². The van der Waals surface area contributed by atoms with E-state index in [0.717, 1.165) is 9.50 Å². The number of hydrogen-bond donors (Lipinski definition) is 0. The van der Waals surface area contributed by atoms with Crippen LogP contribution < -0.4 is 0 Å². The Morgan fingerprint density at radius 3 is 1.60 bits per heavy atom. The van der Waals surface area contributed by atoms with Crippen LogP contribution in [0.3, 0.4) is 0 Å². The normalized spacial score (nSPS) is 13.0. The van der Waals surface area contributed by atoms with Gasteiger partial charge in [-0.2, -0.15) is 0 Å².